The molecule has 1 N–H and O–H groups in total. The molecule has 3 atom stereocenters. The molecule has 0 bridgehead atoms. The standard InChI is InChI=1S/C17H23ClN2O2/c1-2-12-7-8-16(22-12)17(21)20-10-9-19-11-15(20)13-5-3-4-6-14(13)18/h3-6,12,15-16,19H,2,7-11H2,1H3. The van der Waals surface area contributed by atoms with Gasteiger partial charge >= 0.3 is 0 Å². The Balaban J connectivity index is 1.78. The summed E-state index contributed by atoms with van der Waals surface area (Å²) in [5, 5.41) is 4.08. The highest BCUT2D eigenvalue weighted by Gasteiger charge is 2.37. The van der Waals surface area contributed by atoms with Crippen LogP contribution in [0.25, 0.3) is 0 Å². The minimum atomic E-state index is -0.284. The van der Waals surface area contributed by atoms with Crippen LogP contribution in [0.15, 0.2) is 24.3 Å². The van der Waals surface area contributed by atoms with Crippen molar-refractivity contribution in [2.75, 3.05) is 19.6 Å². The summed E-state index contributed by atoms with van der Waals surface area (Å²) in [5.41, 5.74) is 1.01. The van der Waals surface area contributed by atoms with Gasteiger partial charge in [-0.3, -0.25) is 4.79 Å². The van der Waals surface area contributed by atoms with Crippen LogP contribution in [0.3, 0.4) is 0 Å². The Labute approximate surface area is 136 Å². The number of nitrogens with one attached hydrogen (secondary N) is 1. The van der Waals surface area contributed by atoms with Crippen molar-refractivity contribution in [1.82, 2.24) is 10.2 Å². The van der Waals surface area contributed by atoms with E-state index in [4.69, 9.17) is 16.3 Å². The van der Waals surface area contributed by atoms with E-state index in [1.54, 1.807) is 0 Å². The van der Waals surface area contributed by atoms with E-state index in [0.717, 1.165) is 37.9 Å². The van der Waals surface area contributed by atoms with E-state index >= 15 is 0 Å². The maximum Gasteiger partial charge on any atom is 0.252 e. The molecule has 1 aromatic carbocycles. The van der Waals surface area contributed by atoms with Gasteiger partial charge in [-0.1, -0.05) is 36.7 Å². The number of benzene rings is 1. The first-order valence-corrected chi connectivity index (χ1v) is 8.49. The van der Waals surface area contributed by atoms with Gasteiger partial charge < -0.3 is 15.0 Å². The van der Waals surface area contributed by atoms with Crippen LogP contribution >= 0.6 is 11.6 Å². The van der Waals surface area contributed by atoms with Crippen molar-refractivity contribution in [3.8, 4) is 0 Å². The second kappa shape index (κ2) is 6.99. The molecule has 120 valence electrons. The lowest BCUT2D eigenvalue weighted by atomic mass is 10.0. The SMILES string of the molecule is CCC1CCC(C(=O)N2CCNCC2c2ccccc2Cl)O1. The summed E-state index contributed by atoms with van der Waals surface area (Å²) in [6, 6.07) is 7.76. The topological polar surface area (TPSA) is 41.6 Å². The number of halogens is 1. The Morgan fingerprint density at radius 3 is 2.95 bits per heavy atom. The molecule has 4 nitrogen and oxygen atoms in total. The van der Waals surface area contributed by atoms with Gasteiger partial charge in [-0.05, 0) is 30.9 Å². The third kappa shape index (κ3) is 3.14. The van der Waals surface area contributed by atoms with Gasteiger partial charge in [0.15, 0.2) is 0 Å². The number of piperazine rings is 1. The molecule has 0 radical (unpaired) electrons. The van der Waals surface area contributed by atoms with E-state index in [0.29, 0.717) is 11.6 Å². The van der Waals surface area contributed by atoms with Crippen molar-refractivity contribution in [2.24, 2.45) is 0 Å². The largest absolute Gasteiger partial charge is 0.365 e. The average molecular weight is 323 g/mol. The fraction of sp³-hybridized carbons (Fsp3) is 0.588. The zero-order valence-electron chi connectivity index (χ0n) is 12.9. The van der Waals surface area contributed by atoms with Crippen molar-refractivity contribution in [3.05, 3.63) is 34.9 Å². The maximum atomic E-state index is 12.9. The van der Waals surface area contributed by atoms with Crippen LogP contribution in [0.4, 0.5) is 0 Å². The number of hydrogen-bond donors (Lipinski definition) is 1. The number of rotatable bonds is 3. The van der Waals surface area contributed by atoms with Crippen LogP contribution in [0.5, 0.6) is 0 Å². The Morgan fingerprint density at radius 2 is 2.23 bits per heavy atom. The normalized spacial score (nSPS) is 28.8. The van der Waals surface area contributed by atoms with Crippen LogP contribution < -0.4 is 5.32 Å². The minimum Gasteiger partial charge on any atom is -0.365 e. The van der Waals surface area contributed by atoms with Crippen molar-refractivity contribution < 1.29 is 9.53 Å². The van der Waals surface area contributed by atoms with Gasteiger partial charge in [0.05, 0.1) is 12.1 Å². The third-order valence-corrected chi connectivity index (χ3v) is 4.97. The van der Waals surface area contributed by atoms with Gasteiger partial charge in [0.1, 0.15) is 6.10 Å². The predicted octanol–water partition coefficient (Wildman–Crippen LogP) is 2.77. The van der Waals surface area contributed by atoms with Crippen molar-refractivity contribution >= 4 is 17.5 Å². The second-order valence-electron chi connectivity index (χ2n) is 6.01. The van der Waals surface area contributed by atoms with Crippen LogP contribution in [0.2, 0.25) is 5.02 Å². The molecule has 2 aliphatic rings. The van der Waals surface area contributed by atoms with E-state index in [-0.39, 0.29) is 24.2 Å². The Bertz CT molecular complexity index is 537. The van der Waals surface area contributed by atoms with Gasteiger partial charge in [0.25, 0.3) is 5.91 Å². The number of amides is 1. The second-order valence-corrected chi connectivity index (χ2v) is 6.41. The first-order chi connectivity index (χ1) is 10.7. The molecule has 0 saturated carbocycles. The van der Waals surface area contributed by atoms with Crippen molar-refractivity contribution in [2.45, 2.75) is 44.4 Å². The summed E-state index contributed by atoms with van der Waals surface area (Å²) in [4.78, 5) is 14.8. The molecule has 2 aliphatic heterocycles. The van der Waals surface area contributed by atoms with E-state index in [1.165, 1.54) is 0 Å². The highest BCUT2D eigenvalue weighted by Crippen LogP contribution is 2.31. The molecular formula is C17H23ClN2O2. The maximum absolute atomic E-state index is 12.9. The summed E-state index contributed by atoms with van der Waals surface area (Å²) in [5.74, 6) is 0.113. The van der Waals surface area contributed by atoms with E-state index < -0.39 is 0 Å². The molecular weight excluding hydrogens is 300 g/mol. The highest BCUT2D eigenvalue weighted by atomic mass is 35.5. The first kappa shape index (κ1) is 15.8. The molecule has 1 aromatic rings. The molecule has 5 heteroatoms. The fourth-order valence-corrected chi connectivity index (χ4v) is 3.63. The third-order valence-electron chi connectivity index (χ3n) is 4.63. The van der Waals surface area contributed by atoms with Gasteiger partial charge in [-0.25, -0.2) is 0 Å². The fourth-order valence-electron chi connectivity index (χ4n) is 3.36. The van der Waals surface area contributed by atoms with Crippen LogP contribution in [0.1, 0.15) is 37.8 Å². The molecule has 2 heterocycles. The zero-order chi connectivity index (χ0) is 15.5. The van der Waals surface area contributed by atoms with Gasteiger partial charge in [-0.15, -0.1) is 0 Å². The molecule has 0 aromatic heterocycles. The van der Waals surface area contributed by atoms with Crippen molar-refractivity contribution in [1.29, 1.82) is 0 Å². The minimum absolute atomic E-state index is 0.0146. The van der Waals surface area contributed by atoms with Crippen molar-refractivity contribution in [3.63, 3.8) is 0 Å². The summed E-state index contributed by atoms with van der Waals surface area (Å²) >= 11 is 6.34. The van der Waals surface area contributed by atoms with Gasteiger partial charge in [-0.2, -0.15) is 0 Å². The van der Waals surface area contributed by atoms with E-state index in [2.05, 4.69) is 12.2 Å². The number of carbonyl (C=O) groups excluding carboxylic acids is 1. The molecule has 2 fully saturated rings. The van der Waals surface area contributed by atoms with Crippen LogP contribution in [-0.4, -0.2) is 42.6 Å². The molecule has 0 aliphatic carbocycles. The molecule has 2 saturated heterocycles. The zero-order valence-corrected chi connectivity index (χ0v) is 13.7. The monoisotopic (exact) mass is 322 g/mol. The smallest absolute Gasteiger partial charge is 0.252 e. The number of nitrogens with zero attached hydrogens (tertiary/aromatic N) is 1. The Kier molecular flexibility index (Phi) is 5.01. The molecule has 22 heavy (non-hydrogen) atoms. The van der Waals surface area contributed by atoms with E-state index in [1.807, 2.05) is 29.2 Å². The number of ether oxygens (including phenoxy) is 1. The number of hydrogen-bond acceptors (Lipinski definition) is 3. The summed E-state index contributed by atoms with van der Waals surface area (Å²) in [7, 11) is 0. The van der Waals surface area contributed by atoms with Crippen LogP contribution in [0, 0.1) is 0 Å². The van der Waals surface area contributed by atoms with Crippen LogP contribution in [-0.2, 0) is 9.53 Å². The average Bonchev–Trinajstić information content (AvgIpc) is 3.04. The summed E-state index contributed by atoms with van der Waals surface area (Å²) in [6.45, 7) is 4.36. The predicted molar refractivity (Wildman–Crippen MR) is 87.0 cm³/mol. The summed E-state index contributed by atoms with van der Waals surface area (Å²) < 4.78 is 5.90. The Hall–Kier alpha value is -1.10. The summed E-state index contributed by atoms with van der Waals surface area (Å²) in [6.07, 6.45) is 2.73. The van der Waals surface area contributed by atoms with Gasteiger partial charge in [0.2, 0.25) is 0 Å². The highest BCUT2D eigenvalue weighted by molar-refractivity contribution is 6.31. The van der Waals surface area contributed by atoms with E-state index in [9.17, 15) is 4.79 Å². The quantitative estimate of drug-likeness (QED) is 0.930. The molecule has 1 amide bonds. The van der Waals surface area contributed by atoms with Gasteiger partial charge in [0, 0.05) is 24.7 Å². The molecule has 0 spiro atoms. The molecule has 3 rings (SSSR count). The lowest BCUT2D eigenvalue weighted by Crippen LogP contribution is -2.51. The lowest BCUT2D eigenvalue weighted by Gasteiger charge is -2.38. The number of carbonyl (C=O) groups is 1. The lowest BCUT2D eigenvalue weighted by molar-refractivity contribution is -0.146. The molecule has 3 unspecified atom stereocenters. The Morgan fingerprint density at radius 1 is 1.41 bits per heavy atom. The first-order valence-electron chi connectivity index (χ1n) is 8.11.